The summed E-state index contributed by atoms with van der Waals surface area (Å²) in [5.74, 6) is 0. The summed E-state index contributed by atoms with van der Waals surface area (Å²) in [5.41, 5.74) is 3.45. The number of benzene rings is 2. The van der Waals surface area contributed by atoms with E-state index in [2.05, 4.69) is 29.2 Å². The van der Waals surface area contributed by atoms with Gasteiger partial charge in [0, 0.05) is 18.6 Å². The van der Waals surface area contributed by atoms with Gasteiger partial charge in [-0.1, -0.05) is 41.9 Å². The molecule has 1 aliphatic rings. The number of carbonyl (C=O) groups is 1. The number of halogens is 1. The Morgan fingerprint density at radius 3 is 2.50 bits per heavy atom. The van der Waals surface area contributed by atoms with Crippen LogP contribution in [0.4, 0.5) is 0 Å². The molecule has 2 aromatic carbocycles. The number of carbonyl (C=O) groups excluding carboxylic acids is 1. The van der Waals surface area contributed by atoms with Gasteiger partial charge in [-0.05, 0) is 60.8 Å². The van der Waals surface area contributed by atoms with Crippen LogP contribution in [0.1, 0.15) is 24.4 Å². The van der Waals surface area contributed by atoms with Crippen LogP contribution >= 0.6 is 11.6 Å². The normalized spacial score (nSPS) is 16.1. The highest BCUT2D eigenvalue weighted by molar-refractivity contribution is 6.30. The van der Waals surface area contributed by atoms with E-state index in [1.165, 1.54) is 18.4 Å². The highest BCUT2D eigenvalue weighted by Crippen LogP contribution is 2.27. The van der Waals surface area contributed by atoms with Gasteiger partial charge in [0.2, 0.25) is 6.41 Å². The fraction of sp³-hybridized carbons (Fsp3) is 0.350. The zero-order chi connectivity index (χ0) is 16.9. The molecule has 1 saturated heterocycles. The lowest BCUT2D eigenvalue weighted by Crippen LogP contribution is -2.34. The topological polar surface area (TPSA) is 23.6 Å². The Labute approximate surface area is 148 Å². The maximum absolute atomic E-state index is 11.4. The second kappa shape index (κ2) is 7.82. The molecular weight excluding hydrogens is 320 g/mol. The SMILES string of the molecule is CN(C=O)C(CN1CCCC1)c1cccc(-c2ccc(Cl)cc2)c1. The highest BCUT2D eigenvalue weighted by atomic mass is 35.5. The smallest absolute Gasteiger partial charge is 0.210 e. The van der Waals surface area contributed by atoms with Gasteiger partial charge in [0.15, 0.2) is 0 Å². The van der Waals surface area contributed by atoms with Crippen molar-refractivity contribution in [3.8, 4) is 11.1 Å². The van der Waals surface area contributed by atoms with Crippen LogP contribution in [0.2, 0.25) is 5.02 Å². The van der Waals surface area contributed by atoms with Gasteiger partial charge in [-0.3, -0.25) is 4.79 Å². The quantitative estimate of drug-likeness (QED) is 0.733. The minimum Gasteiger partial charge on any atom is -0.340 e. The van der Waals surface area contributed by atoms with Gasteiger partial charge >= 0.3 is 0 Å². The maximum atomic E-state index is 11.4. The van der Waals surface area contributed by atoms with E-state index in [1.54, 1.807) is 4.90 Å². The molecule has 1 fully saturated rings. The van der Waals surface area contributed by atoms with Crippen LogP contribution < -0.4 is 0 Å². The van der Waals surface area contributed by atoms with Crippen molar-refractivity contribution in [2.75, 3.05) is 26.7 Å². The van der Waals surface area contributed by atoms with Crippen LogP contribution in [0, 0.1) is 0 Å². The summed E-state index contributed by atoms with van der Waals surface area (Å²) in [6.07, 6.45) is 3.43. The molecule has 24 heavy (non-hydrogen) atoms. The van der Waals surface area contributed by atoms with Gasteiger partial charge in [-0.15, -0.1) is 0 Å². The van der Waals surface area contributed by atoms with Gasteiger partial charge in [0.1, 0.15) is 0 Å². The van der Waals surface area contributed by atoms with Crippen LogP contribution in [0.3, 0.4) is 0 Å². The molecule has 0 N–H and O–H groups in total. The third kappa shape index (κ3) is 3.97. The predicted octanol–water partition coefficient (Wildman–Crippen LogP) is 4.23. The first-order valence-corrected chi connectivity index (χ1v) is 8.80. The molecule has 0 aromatic heterocycles. The number of rotatable bonds is 6. The van der Waals surface area contributed by atoms with E-state index in [1.807, 2.05) is 31.3 Å². The Hall–Kier alpha value is -1.84. The van der Waals surface area contributed by atoms with E-state index in [9.17, 15) is 4.79 Å². The molecular formula is C20H23ClN2O. The summed E-state index contributed by atoms with van der Waals surface area (Å²) in [6, 6.07) is 16.4. The average molecular weight is 343 g/mol. The standard InChI is InChI=1S/C20H23ClN2O/c1-22(15-24)20(14-23-11-2-3-12-23)18-6-4-5-17(13-18)16-7-9-19(21)10-8-16/h4-10,13,15,20H,2-3,11-12,14H2,1H3. The molecule has 0 aliphatic carbocycles. The fourth-order valence-electron chi connectivity index (χ4n) is 3.32. The Morgan fingerprint density at radius 2 is 1.83 bits per heavy atom. The van der Waals surface area contributed by atoms with Crippen molar-refractivity contribution in [3.63, 3.8) is 0 Å². The van der Waals surface area contributed by atoms with E-state index in [0.717, 1.165) is 42.2 Å². The van der Waals surface area contributed by atoms with E-state index >= 15 is 0 Å². The van der Waals surface area contributed by atoms with Crippen LogP contribution in [0.15, 0.2) is 48.5 Å². The first kappa shape index (κ1) is 17.0. The molecule has 1 unspecified atom stereocenters. The highest BCUT2D eigenvalue weighted by Gasteiger charge is 2.22. The first-order chi connectivity index (χ1) is 11.7. The predicted molar refractivity (Wildman–Crippen MR) is 99.1 cm³/mol. The lowest BCUT2D eigenvalue weighted by molar-refractivity contribution is -0.119. The van der Waals surface area contributed by atoms with Crippen LogP contribution in [0.5, 0.6) is 0 Å². The van der Waals surface area contributed by atoms with Gasteiger partial charge < -0.3 is 9.80 Å². The lowest BCUT2D eigenvalue weighted by Gasteiger charge is -2.29. The van der Waals surface area contributed by atoms with Crippen molar-refractivity contribution >= 4 is 18.0 Å². The van der Waals surface area contributed by atoms with Crippen molar-refractivity contribution in [2.45, 2.75) is 18.9 Å². The number of amides is 1. The molecule has 1 atom stereocenters. The molecule has 0 spiro atoms. The largest absolute Gasteiger partial charge is 0.340 e. The Morgan fingerprint density at radius 1 is 1.12 bits per heavy atom. The Kier molecular flexibility index (Phi) is 5.54. The van der Waals surface area contributed by atoms with Gasteiger partial charge in [0.05, 0.1) is 6.04 Å². The van der Waals surface area contributed by atoms with Crippen molar-refractivity contribution in [3.05, 3.63) is 59.1 Å². The summed E-state index contributed by atoms with van der Waals surface area (Å²) < 4.78 is 0. The lowest BCUT2D eigenvalue weighted by atomic mass is 9.98. The van der Waals surface area contributed by atoms with Gasteiger partial charge in [-0.25, -0.2) is 0 Å². The number of hydrogen-bond acceptors (Lipinski definition) is 2. The molecule has 4 heteroatoms. The molecule has 1 heterocycles. The molecule has 3 rings (SSSR count). The minimum absolute atomic E-state index is 0.0767. The second-order valence-electron chi connectivity index (χ2n) is 6.43. The van der Waals surface area contributed by atoms with E-state index in [4.69, 9.17) is 11.6 Å². The van der Waals surface area contributed by atoms with E-state index in [-0.39, 0.29) is 6.04 Å². The molecule has 1 aliphatic heterocycles. The van der Waals surface area contributed by atoms with Crippen molar-refractivity contribution < 1.29 is 4.79 Å². The number of likely N-dealkylation sites (tertiary alicyclic amines) is 1. The average Bonchev–Trinajstić information content (AvgIpc) is 3.13. The molecule has 1 amide bonds. The second-order valence-corrected chi connectivity index (χ2v) is 6.86. The minimum atomic E-state index is 0.0767. The summed E-state index contributed by atoms with van der Waals surface area (Å²) in [4.78, 5) is 15.6. The zero-order valence-electron chi connectivity index (χ0n) is 14.0. The molecule has 0 saturated carbocycles. The van der Waals surface area contributed by atoms with Crippen molar-refractivity contribution in [1.82, 2.24) is 9.80 Å². The molecule has 2 aromatic rings. The van der Waals surface area contributed by atoms with Gasteiger partial charge in [-0.2, -0.15) is 0 Å². The maximum Gasteiger partial charge on any atom is 0.210 e. The van der Waals surface area contributed by atoms with Crippen LogP contribution in [-0.4, -0.2) is 42.9 Å². The summed E-state index contributed by atoms with van der Waals surface area (Å²) in [7, 11) is 1.86. The number of hydrogen-bond donors (Lipinski definition) is 0. The first-order valence-electron chi connectivity index (χ1n) is 8.43. The van der Waals surface area contributed by atoms with E-state index in [0.29, 0.717) is 0 Å². The Bertz CT molecular complexity index is 680. The molecule has 126 valence electrons. The van der Waals surface area contributed by atoms with Crippen LogP contribution in [0.25, 0.3) is 11.1 Å². The number of likely N-dealkylation sites (N-methyl/N-ethyl adjacent to an activating group) is 1. The molecule has 0 radical (unpaired) electrons. The third-order valence-electron chi connectivity index (χ3n) is 4.74. The Balaban J connectivity index is 1.88. The van der Waals surface area contributed by atoms with Crippen molar-refractivity contribution in [1.29, 1.82) is 0 Å². The van der Waals surface area contributed by atoms with Gasteiger partial charge in [0.25, 0.3) is 0 Å². The fourth-order valence-corrected chi connectivity index (χ4v) is 3.45. The molecule has 0 bridgehead atoms. The molecule has 3 nitrogen and oxygen atoms in total. The van der Waals surface area contributed by atoms with E-state index < -0.39 is 0 Å². The number of nitrogens with zero attached hydrogens (tertiary/aromatic N) is 2. The summed E-state index contributed by atoms with van der Waals surface area (Å²) >= 11 is 5.99. The third-order valence-corrected chi connectivity index (χ3v) is 4.99. The zero-order valence-corrected chi connectivity index (χ0v) is 14.7. The van der Waals surface area contributed by atoms with Crippen molar-refractivity contribution in [2.24, 2.45) is 0 Å². The monoisotopic (exact) mass is 342 g/mol. The summed E-state index contributed by atoms with van der Waals surface area (Å²) in [6.45, 7) is 3.14. The van der Waals surface area contributed by atoms with Crippen LogP contribution in [-0.2, 0) is 4.79 Å². The summed E-state index contributed by atoms with van der Waals surface area (Å²) in [5, 5.41) is 0.738.